The lowest BCUT2D eigenvalue weighted by atomic mass is 9.93. The Morgan fingerprint density at radius 1 is 1.38 bits per heavy atom. The molecule has 3 aromatic rings. The summed E-state index contributed by atoms with van der Waals surface area (Å²) in [6, 6.07) is 6.57. The zero-order valence-corrected chi connectivity index (χ0v) is 18.2. The number of halogens is 1. The van der Waals surface area contributed by atoms with Gasteiger partial charge in [0.1, 0.15) is 6.29 Å². The Morgan fingerprint density at radius 2 is 2.19 bits per heavy atom. The van der Waals surface area contributed by atoms with E-state index >= 15 is 0 Å². The average Bonchev–Trinajstić information content (AvgIpc) is 3.25. The third kappa shape index (κ3) is 4.13. The number of aryl methyl sites for hydroxylation is 1. The van der Waals surface area contributed by atoms with Crippen molar-refractivity contribution >= 4 is 48.6 Å². The van der Waals surface area contributed by atoms with Crippen molar-refractivity contribution in [3.63, 3.8) is 0 Å². The van der Waals surface area contributed by atoms with Gasteiger partial charge in [-0.05, 0) is 42.2 Å². The van der Waals surface area contributed by atoms with Crippen molar-refractivity contribution in [2.75, 3.05) is 13.1 Å². The first-order valence-electron chi connectivity index (χ1n) is 10.2. The summed E-state index contributed by atoms with van der Waals surface area (Å²) < 4.78 is 0. The normalized spacial score (nSPS) is 14.1. The number of rotatable bonds is 6. The average molecular weight is 450 g/mol. The van der Waals surface area contributed by atoms with Gasteiger partial charge in [-0.2, -0.15) is 5.10 Å². The SMILES string of the molecule is [B]NC[C@@H](C=O)NC(=O)c1c(C)cc2c(c1Cl)CCN(C(=O)c1ccc3cn[nH]c3c1)C2. The van der Waals surface area contributed by atoms with Gasteiger partial charge in [-0.3, -0.25) is 14.7 Å². The van der Waals surface area contributed by atoms with Crippen LogP contribution in [0.2, 0.25) is 5.02 Å². The Hall–Kier alpha value is -3.17. The van der Waals surface area contributed by atoms with Gasteiger partial charge >= 0.3 is 0 Å². The molecule has 4 rings (SSSR count). The van der Waals surface area contributed by atoms with E-state index in [-0.39, 0.29) is 12.5 Å². The number of nitrogens with zero attached hydrogens (tertiary/aromatic N) is 2. The molecule has 10 heteroatoms. The predicted octanol–water partition coefficient (Wildman–Crippen LogP) is 1.69. The van der Waals surface area contributed by atoms with Crippen molar-refractivity contribution < 1.29 is 14.4 Å². The molecule has 0 aliphatic carbocycles. The van der Waals surface area contributed by atoms with E-state index in [2.05, 4.69) is 20.7 Å². The molecule has 1 aliphatic rings. The fraction of sp³-hybridized carbons (Fsp3) is 0.273. The molecule has 0 fully saturated rings. The number of aromatic amines is 1. The monoisotopic (exact) mass is 449 g/mol. The van der Waals surface area contributed by atoms with Gasteiger partial charge in [0, 0.05) is 30.6 Å². The van der Waals surface area contributed by atoms with E-state index in [9.17, 15) is 14.4 Å². The second kappa shape index (κ2) is 9.14. The van der Waals surface area contributed by atoms with Gasteiger partial charge in [0.2, 0.25) is 0 Å². The Morgan fingerprint density at radius 3 is 2.94 bits per heavy atom. The number of fused-ring (bicyclic) bond motifs is 2. The maximum atomic E-state index is 13.1. The van der Waals surface area contributed by atoms with Gasteiger partial charge in [0.25, 0.3) is 11.8 Å². The summed E-state index contributed by atoms with van der Waals surface area (Å²) in [5, 5.41) is 13.2. The summed E-state index contributed by atoms with van der Waals surface area (Å²) in [7, 11) is 5.25. The Bertz CT molecular complexity index is 1210. The zero-order chi connectivity index (χ0) is 22.8. The first-order chi connectivity index (χ1) is 15.4. The van der Waals surface area contributed by atoms with Crippen LogP contribution in [0, 0.1) is 6.92 Å². The second-order valence-electron chi connectivity index (χ2n) is 7.79. The van der Waals surface area contributed by atoms with Gasteiger partial charge in [0.15, 0.2) is 7.98 Å². The number of H-pyrrole nitrogens is 1. The Labute approximate surface area is 191 Å². The van der Waals surface area contributed by atoms with E-state index in [0.717, 1.165) is 22.0 Å². The quantitative estimate of drug-likeness (QED) is 0.392. The topological polar surface area (TPSA) is 107 Å². The van der Waals surface area contributed by atoms with Crippen LogP contribution >= 0.6 is 11.6 Å². The molecule has 0 bridgehead atoms. The highest BCUT2D eigenvalue weighted by Gasteiger charge is 2.27. The first-order valence-corrected chi connectivity index (χ1v) is 10.5. The van der Waals surface area contributed by atoms with E-state index < -0.39 is 11.9 Å². The van der Waals surface area contributed by atoms with E-state index in [1.54, 1.807) is 30.2 Å². The molecule has 2 heterocycles. The third-order valence-electron chi connectivity index (χ3n) is 5.67. The zero-order valence-electron chi connectivity index (χ0n) is 17.4. The lowest BCUT2D eigenvalue weighted by Gasteiger charge is -2.31. The fourth-order valence-electron chi connectivity index (χ4n) is 4.03. The minimum atomic E-state index is -0.765. The van der Waals surface area contributed by atoms with Crippen molar-refractivity contribution in [3.05, 3.63) is 63.3 Å². The molecule has 0 saturated heterocycles. The molecule has 8 nitrogen and oxygen atoms in total. The highest BCUT2D eigenvalue weighted by molar-refractivity contribution is 6.35. The molecular formula is C22H21BClN5O3. The van der Waals surface area contributed by atoms with Crippen molar-refractivity contribution in [2.45, 2.75) is 25.9 Å². The largest absolute Gasteiger partial charge is 0.364 e. The summed E-state index contributed by atoms with van der Waals surface area (Å²) in [6.07, 6.45) is 2.85. The second-order valence-corrected chi connectivity index (χ2v) is 8.17. The molecule has 32 heavy (non-hydrogen) atoms. The van der Waals surface area contributed by atoms with Crippen LogP contribution in [0.5, 0.6) is 0 Å². The number of amides is 2. The van der Waals surface area contributed by atoms with Crippen molar-refractivity contribution in [1.29, 1.82) is 0 Å². The summed E-state index contributed by atoms with van der Waals surface area (Å²) in [5.74, 6) is -0.514. The highest BCUT2D eigenvalue weighted by atomic mass is 35.5. The summed E-state index contributed by atoms with van der Waals surface area (Å²) in [5.41, 5.74) is 4.14. The lowest BCUT2D eigenvalue weighted by Crippen LogP contribution is -2.43. The van der Waals surface area contributed by atoms with Crippen LogP contribution in [0.1, 0.15) is 37.4 Å². The molecule has 0 unspecified atom stereocenters. The summed E-state index contributed by atoms with van der Waals surface area (Å²) in [4.78, 5) is 38.8. The number of carbonyl (C=O) groups is 3. The highest BCUT2D eigenvalue weighted by Crippen LogP contribution is 2.32. The van der Waals surface area contributed by atoms with Crippen LogP contribution in [-0.2, 0) is 17.8 Å². The summed E-state index contributed by atoms with van der Waals surface area (Å²) >= 11 is 6.62. The molecule has 2 radical (unpaired) electrons. The van der Waals surface area contributed by atoms with Gasteiger partial charge < -0.3 is 20.2 Å². The molecule has 0 saturated carbocycles. The smallest absolute Gasteiger partial charge is 0.254 e. The molecule has 3 N–H and O–H groups in total. The molecule has 1 aromatic heterocycles. The number of aromatic nitrogens is 2. The number of nitrogens with one attached hydrogen (secondary N) is 3. The van der Waals surface area contributed by atoms with Crippen LogP contribution in [0.3, 0.4) is 0 Å². The van der Waals surface area contributed by atoms with Crippen LogP contribution < -0.4 is 10.5 Å². The minimum absolute atomic E-state index is 0.0779. The number of aldehydes is 1. The van der Waals surface area contributed by atoms with Crippen LogP contribution in [0.25, 0.3) is 10.9 Å². The van der Waals surface area contributed by atoms with E-state index in [0.29, 0.717) is 47.5 Å². The molecule has 1 atom stereocenters. The molecule has 2 aromatic carbocycles. The van der Waals surface area contributed by atoms with E-state index in [4.69, 9.17) is 19.6 Å². The first kappa shape index (κ1) is 22.0. The van der Waals surface area contributed by atoms with E-state index in [1.807, 2.05) is 12.1 Å². The minimum Gasteiger partial charge on any atom is -0.364 e. The maximum Gasteiger partial charge on any atom is 0.254 e. The summed E-state index contributed by atoms with van der Waals surface area (Å²) in [6.45, 7) is 2.76. The lowest BCUT2D eigenvalue weighted by molar-refractivity contribution is -0.109. The number of carbonyl (C=O) groups excluding carboxylic acids is 3. The predicted molar refractivity (Wildman–Crippen MR) is 122 cm³/mol. The van der Waals surface area contributed by atoms with Crippen molar-refractivity contribution in [3.8, 4) is 0 Å². The standard InChI is InChI=1S/C22H21BClN5O3/c1-12-6-15-10-29(22(32)13-2-3-14-8-26-28-18(14)7-13)5-4-17(15)20(24)19(12)21(31)27-16(11-30)9-25-23/h2-3,6-8,11,16,25H,4-5,9-10H2,1H3,(H,26,28)(H,27,31)/t16-/m0/s1. The number of hydrogen-bond acceptors (Lipinski definition) is 5. The van der Waals surface area contributed by atoms with Crippen LogP contribution in [-0.4, -0.2) is 60.3 Å². The molecule has 1 aliphatic heterocycles. The van der Waals surface area contributed by atoms with Crippen molar-refractivity contribution in [2.24, 2.45) is 0 Å². The fourth-order valence-corrected chi connectivity index (χ4v) is 4.48. The Balaban J connectivity index is 1.57. The molecule has 0 spiro atoms. The van der Waals surface area contributed by atoms with Crippen LogP contribution in [0.15, 0.2) is 30.5 Å². The molecule has 2 amide bonds. The van der Waals surface area contributed by atoms with Gasteiger partial charge in [-0.1, -0.05) is 23.7 Å². The molecular weight excluding hydrogens is 429 g/mol. The van der Waals surface area contributed by atoms with Gasteiger partial charge in [0.05, 0.1) is 28.3 Å². The van der Waals surface area contributed by atoms with Crippen molar-refractivity contribution in [1.82, 2.24) is 25.6 Å². The maximum absolute atomic E-state index is 13.1. The molecule has 162 valence electrons. The Kier molecular flexibility index (Phi) is 6.29. The van der Waals surface area contributed by atoms with E-state index in [1.165, 1.54) is 0 Å². The van der Waals surface area contributed by atoms with Gasteiger partial charge in [-0.25, -0.2) is 0 Å². The number of hydrogen-bond donors (Lipinski definition) is 3. The van der Waals surface area contributed by atoms with Crippen LogP contribution in [0.4, 0.5) is 0 Å². The number of benzene rings is 2. The van der Waals surface area contributed by atoms with Gasteiger partial charge in [-0.15, -0.1) is 0 Å². The third-order valence-corrected chi connectivity index (χ3v) is 6.09.